The lowest BCUT2D eigenvalue weighted by Crippen LogP contribution is -2.42. The Kier molecular flexibility index (Phi) is 4.59. The van der Waals surface area contributed by atoms with Gasteiger partial charge in [0.25, 0.3) is 0 Å². The molecule has 0 saturated heterocycles. The second-order valence-corrected chi connectivity index (χ2v) is 8.18. The standard InChI is InChI=1S/C21H20N2O3S/c1-26-19-13-7-5-11-17(19)21-22-18-12-6-8-14-20(18)27(24,25)23(21)15-16-9-3-2-4-10-16/h2-14,21-22H,15H2,1H3/t21-/m0/s1. The Balaban J connectivity index is 1.87. The fraction of sp³-hybridized carbons (Fsp3) is 0.143. The first kappa shape index (κ1) is 17.6. The van der Waals surface area contributed by atoms with E-state index in [-0.39, 0.29) is 11.4 Å². The lowest BCUT2D eigenvalue weighted by Gasteiger charge is -2.37. The summed E-state index contributed by atoms with van der Waals surface area (Å²) in [6.45, 7) is 0.257. The van der Waals surface area contributed by atoms with Crippen molar-refractivity contribution < 1.29 is 13.2 Å². The van der Waals surface area contributed by atoms with Crippen molar-refractivity contribution in [3.63, 3.8) is 0 Å². The van der Waals surface area contributed by atoms with Crippen molar-refractivity contribution >= 4 is 15.7 Å². The third-order valence-electron chi connectivity index (χ3n) is 4.67. The summed E-state index contributed by atoms with van der Waals surface area (Å²) >= 11 is 0. The van der Waals surface area contributed by atoms with Crippen LogP contribution in [0.1, 0.15) is 17.3 Å². The molecule has 0 aliphatic carbocycles. The molecule has 1 heterocycles. The predicted molar refractivity (Wildman–Crippen MR) is 105 cm³/mol. The van der Waals surface area contributed by atoms with E-state index in [2.05, 4.69) is 5.32 Å². The van der Waals surface area contributed by atoms with Gasteiger partial charge in [0.2, 0.25) is 10.0 Å². The zero-order chi connectivity index (χ0) is 18.9. The minimum atomic E-state index is -3.69. The average molecular weight is 380 g/mol. The zero-order valence-electron chi connectivity index (χ0n) is 14.9. The third kappa shape index (κ3) is 3.18. The number of hydrogen-bond donors (Lipinski definition) is 1. The van der Waals surface area contributed by atoms with Crippen LogP contribution in [-0.2, 0) is 16.6 Å². The molecule has 1 aliphatic heterocycles. The molecule has 0 unspecified atom stereocenters. The number of nitrogens with zero attached hydrogens (tertiary/aromatic N) is 1. The zero-order valence-corrected chi connectivity index (χ0v) is 15.7. The highest BCUT2D eigenvalue weighted by atomic mass is 32.2. The fourth-order valence-electron chi connectivity index (χ4n) is 3.36. The van der Waals surface area contributed by atoms with E-state index in [4.69, 9.17) is 4.74 Å². The summed E-state index contributed by atoms with van der Waals surface area (Å²) in [6, 6.07) is 24.0. The van der Waals surface area contributed by atoms with Gasteiger partial charge in [0.05, 0.1) is 12.8 Å². The van der Waals surface area contributed by atoms with E-state index in [1.165, 1.54) is 4.31 Å². The van der Waals surface area contributed by atoms with Crippen molar-refractivity contribution in [1.29, 1.82) is 0 Å². The number of fused-ring (bicyclic) bond motifs is 1. The van der Waals surface area contributed by atoms with Crippen molar-refractivity contribution in [3.05, 3.63) is 90.0 Å². The van der Waals surface area contributed by atoms with Crippen LogP contribution in [0, 0.1) is 0 Å². The summed E-state index contributed by atoms with van der Waals surface area (Å²) in [5, 5.41) is 3.38. The summed E-state index contributed by atoms with van der Waals surface area (Å²) in [7, 11) is -2.10. The largest absolute Gasteiger partial charge is 0.496 e. The van der Waals surface area contributed by atoms with Gasteiger partial charge in [-0.1, -0.05) is 60.7 Å². The van der Waals surface area contributed by atoms with E-state index in [0.717, 1.165) is 11.1 Å². The first-order valence-electron chi connectivity index (χ1n) is 8.65. The van der Waals surface area contributed by atoms with Crippen LogP contribution in [-0.4, -0.2) is 19.8 Å². The van der Waals surface area contributed by atoms with Gasteiger partial charge in [-0.05, 0) is 23.8 Å². The summed E-state index contributed by atoms with van der Waals surface area (Å²) in [4.78, 5) is 0.284. The topological polar surface area (TPSA) is 58.6 Å². The van der Waals surface area contributed by atoms with Crippen LogP contribution in [0.2, 0.25) is 0 Å². The summed E-state index contributed by atoms with van der Waals surface area (Å²) in [6.07, 6.45) is -0.568. The number of benzene rings is 3. The molecule has 0 amide bonds. The van der Waals surface area contributed by atoms with Crippen LogP contribution in [0.25, 0.3) is 0 Å². The summed E-state index contributed by atoms with van der Waals surface area (Å²) in [5.74, 6) is 0.641. The van der Waals surface area contributed by atoms with E-state index in [0.29, 0.717) is 11.4 Å². The van der Waals surface area contributed by atoms with Gasteiger partial charge < -0.3 is 10.1 Å². The van der Waals surface area contributed by atoms with Crippen LogP contribution in [0.5, 0.6) is 5.75 Å². The van der Waals surface area contributed by atoms with Crippen molar-refractivity contribution in [2.24, 2.45) is 0 Å². The lowest BCUT2D eigenvalue weighted by atomic mass is 10.1. The SMILES string of the molecule is COc1ccccc1[C@H]1Nc2ccccc2S(=O)(=O)N1Cc1ccccc1. The Bertz CT molecular complexity index is 1050. The molecule has 4 rings (SSSR count). The molecule has 5 nitrogen and oxygen atoms in total. The number of para-hydroxylation sites is 2. The maximum atomic E-state index is 13.4. The number of hydrogen-bond acceptors (Lipinski definition) is 4. The van der Waals surface area contributed by atoms with Gasteiger partial charge in [-0.25, -0.2) is 8.42 Å². The van der Waals surface area contributed by atoms with Crippen LogP contribution in [0.3, 0.4) is 0 Å². The molecule has 0 bridgehead atoms. The van der Waals surface area contributed by atoms with Gasteiger partial charge in [-0.2, -0.15) is 4.31 Å². The van der Waals surface area contributed by atoms with Gasteiger partial charge in [0.1, 0.15) is 16.8 Å². The first-order chi connectivity index (χ1) is 13.1. The Morgan fingerprint density at radius 1 is 0.926 bits per heavy atom. The fourth-order valence-corrected chi connectivity index (χ4v) is 5.03. The average Bonchev–Trinajstić information content (AvgIpc) is 2.71. The monoisotopic (exact) mass is 380 g/mol. The molecule has 0 saturated carbocycles. The van der Waals surface area contributed by atoms with Crippen molar-refractivity contribution in [2.75, 3.05) is 12.4 Å². The molecule has 3 aromatic rings. The molecular weight excluding hydrogens is 360 g/mol. The second kappa shape index (κ2) is 7.06. The molecule has 3 aromatic carbocycles. The normalized spacial score (nSPS) is 18.3. The molecule has 138 valence electrons. The Hall–Kier alpha value is -2.83. The number of sulfonamides is 1. The molecule has 1 aliphatic rings. The van der Waals surface area contributed by atoms with Crippen LogP contribution in [0.4, 0.5) is 5.69 Å². The maximum absolute atomic E-state index is 13.4. The summed E-state index contributed by atoms with van der Waals surface area (Å²) in [5.41, 5.74) is 2.29. The lowest BCUT2D eigenvalue weighted by molar-refractivity contribution is 0.323. The van der Waals surface area contributed by atoms with Gasteiger partial charge >= 0.3 is 0 Å². The molecule has 0 radical (unpaired) electrons. The van der Waals surface area contributed by atoms with E-state index in [9.17, 15) is 8.42 Å². The van der Waals surface area contributed by atoms with Crippen molar-refractivity contribution in [1.82, 2.24) is 4.31 Å². The highest BCUT2D eigenvalue weighted by molar-refractivity contribution is 7.89. The molecule has 1 atom stereocenters. The molecule has 0 spiro atoms. The molecule has 0 fully saturated rings. The van der Waals surface area contributed by atoms with Gasteiger partial charge in [0, 0.05) is 12.1 Å². The van der Waals surface area contributed by atoms with Crippen molar-refractivity contribution in [3.8, 4) is 5.75 Å². The molecule has 27 heavy (non-hydrogen) atoms. The number of anilines is 1. The molecule has 1 N–H and O–H groups in total. The highest BCUT2D eigenvalue weighted by Crippen LogP contribution is 2.41. The third-order valence-corrected chi connectivity index (χ3v) is 6.54. The number of methoxy groups -OCH3 is 1. The molecule has 0 aromatic heterocycles. The highest BCUT2D eigenvalue weighted by Gasteiger charge is 2.39. The van der Waals surface area contributed by atoms with Crippen LogP contribution >= 0.6 is 0 Å². The van der Waals surface area contributed by atoms with E-state index in [1.807, 2.05) is 60.7 Å². The predicted octanol–water partition coefficient (Wildman–Crippen LogP) is 4.01. The van der Waals surface area contributed by atoms with Gasteiger partial charge in [-0.3, -0.25) is 0 Å². The summed E-state index contributed by atoms with van der Waals surface area (Å²) < 4.78 is 33.9. The number of nitrogens with one attached hydrogen (secondary N) is 1. The van der Waals surface area contributed by atoms with Crippen molar-refractivity contribution in [2.45, 2.75) is 17.6 Å². The smallest absolute Gasteiger partial charge is 0.247 e. The first-order valence-corrected chi connectivity index (χ1v) is 10.1. The Labute approximate surface area is 159 Å². The van der Waals surface area contributed by atoms with Crippen LogP contribution < -0.4 is 10.1 Å². The Morgan fingerprint density at radius 2 is 1.59 bits per heavy atom. The van der Waals surface area contributed by atoms with E-state index in [1.54, 1.807) is 25.3 Å². The second-order valence-electron chi connectivity index (χ2n) is 6.32. The minimum Gasteiger partial charge on any atom is -0.496 e. The van der Waals surface area contributed by atoms with Crippen LogP contribution in [0.15, 0.2) is 83.8 Å². The maximum Gasteiger partial charge on any atom is 0.247 e. The van der Waals surface area contributed by atoms with Gasteiger partial charge in [0.15, 0.2) is 0 Å². The van der Waals surface area contributed by atoms with Gasteiger partial charge in [-0.15, -0.1) is 0 Å². The van der Waals surface area contributed by atoms with E-state index < -0.39 is 16.2 Å². The Morgan fingerprint density at radius 3 is 2.37 bits per heavy atom. The molecular formula is C21H20N2O3S. The minimum absolute atomic E-state index is 0.257. The van der Waals surface area contributed by atoms with E-state index >= 15 is 0 Å². The quantitative estimate of drug-likeness (QED) is 0.743. The number of rotatable bonds is 4. The molecule has 6 heteroatoms. The number of ether oxygens (including phenoxy) is 1.